The highest BCUT2D eigenvalue weighted by atomic mass is 16.5. The molecule has 0 aromatic heterocycles. The number of hydrogen-bond donors (Lipinski definition) is 1. The van der Waals surface area contributed by atoms with Crippen molar-refractivity contribution in [2.24, 2.45) is 0 Å². The Morgan fingerprint density at radius 1 is 0.967 bits per heavy atom. The maximum atomic E-state index is 12.1. The summed E-state index contributed by atoms with van der Waals surface area (Å²) in [6.07, 6.45) is 6.29. The summed E-state index contributed by atoms with van der Waals surface area (Å²) in [6.45, 7) is -0.322. The Balaban J connectivity index is 1.30. The molecule has 0 bridgehead atoms. The summed E-state index contributed by atoms with van der Waals surface area (Å²) in [5, 5.41) is 4.87. The van der Waals surface area contributed by atoms with Gasteiger partial charge in [-0.05, 0) is 83.1 Å². The van der Waals surface area contributed by atoms with Crippen LogP contribution in [0.3, 0.4) is 0 Å². The Morgan fingerprint density at radius 3 is 2.63 bits per heavy atom. The van der Waals surface area contributed by atoms with E-state index in [9.17, 15) is 9.59 Å². The summed E-state index contributed by atoms with van der Waals surface area (Å²) in [7, 11) is 1.63. The first-order valence-corrected chi connectivity index (χ1v) is 9.95. The molecule has 0 aliphatic heterocycles. The molecule has 1 aliphatic carbocycles. The van der Waals surface area contributed by atoms with Crippen LogP contribution in [0.5, 0.6) is 5.75 Å². The topological polar surface area (TPSA) is 64.6 Å². The fourth-order valence-electron chi connectivity index (χ4n) is 3.67. The molecule has 3 aromatic carbocycles. The molecular weight excluding hydrogens is 378 g/mol. The first-order valence-electron chi connectivity index (χ1n) is 9.95. The van der Waals surface area contributed by atoms with Crippen molar-refractivity contribution in [3.05, 3.63) is 77.4 Å². The number of anilines is 1. The van der Waals surface area contributed by atoms with Gasteiger partial charge in [0.1, 0.15) is 5.75 Å². The van der Waals surface area contributed by atoms with Crippen molar-refractivity contribution in [2.75, 3.05) is 19.0 Å². The van der Waals surface area contributed by atoms with Crippen LogP contribution in [0, 0.1) is 0 Å². The van der Waals surface area contributed by atoms with Gasteiger partial charge in [-0.25, -0.2) is 4.79 Å². The van der Waals surface area contributed by atoms with Gasteiger partial charge in [0, 0.05) is 11.8 Å². The maximum Gasteiger partial charge on any atom is 0.331 e. The van der Waals surface area contributed by atoms with Crippen LogP contribution in [0.1, 0.15) is 23.1 Å². The molecule has 3 aromatic rings. The normalized spacial score (nSPS) is 12.7. The lowest BCUT2D eigenvalue weighted by molar-refractivity contribution is -0.142. The van der Waals surface area contributed by atoms with Crippen LogP contribution < -0.4 is 10.1 Å². The highest BCUT2D eigenvalue weighted by Gasteiger charge is 2.12. The van der Waals surface area contributed by atoms with Gasteiger partial charge in [0.15, 0.2) is 6.61 Å². The van der Waals surface area contributed by atoms with E-state index >= 15 is 0 Å². The van der Waals surface area contributed by atoms with E-state index < -0.39 is 5.97 Å². The summed E-state index contributed by atoms with van der Waals surface area (Å²) >= 11 is 0. The number of nitrogens with one attached hydrogen (secondary N) is 1. The molecule has 0 saturated heterocycles. The molecule has 0 atom stereocenters. The minimum Gasteiger partial charge on any atom is -0.497 e. The summed E-state index contributed by atoms with van der Waals surface area (Å²) in [5.74, 6) is -0.115. The quantitative estimate of drug-likeness (QED) is 0.487. The number of methoxy groups -OCH3 is 1. The number of fused-ring (bicyclic) bond motifs is 2. The van der Waals surface area contributed by atoms with E-state index in [0.717, 1.165) is 47.0 Å². The van der Waals surface area contributed by atoms with Crippen LogP contribution in [0.25, 0.3) is 16.8 Å². The third-order valence-electron chi connectivity index (χ3n) is 5.21. The molecule has 30 heavy (non-hydrogen) atoms. The van der Waals surface area contributed by atoms with E-state index in [4.69, 9.17) is 9.47 Å². The summed E-state index contributed by atoms with van der Waals surface area (Å²) in [6, 6.07) is 17.6. The maximum absolute atomic E-state index is 12.1. The largest absolute Gasteiger partial charge is 0.497 e. The lowest BCUT2D eigenvalue weighted by atomic mass is 10.1. The molecule has 5 heteroatoms. The molecular formula is C25H23NO4. The molecule has 0 radical (unpaired) electrons. The van der Waals surface area contributed by atoms with Gasteiger partial charge in [0.05, 0.1) is 7.11 Å². The minimum absolute atomic E-state index is 0.322. The second-order valence-corrected chi connectivity index (χ2v) is 7.30. The molecule has 0 spiro atoms. The van der Waals surface area contributed by atoms with Crippen molar-refractivity contribution >= 4 is 34.4 Å². The lowest BCUT2D eigenvalue weighted by Crippen LogP contribution is -2.20. The minimum atomic E-state index is -0.561. The van der Waals surface area contributed by atoms with E-state index in [1.54, 1.807) is 13.2 Å². The number of esters is 1. The number of carbonyl (C=O) groups excluding carboxylic acids is 2. The summed E-state index contributed by atoms with van der Waals surface area (Å²) in [4.78, 5) is 24.0. The van der Waals surface area contributed by atoms with E-state index in [1.807, 2.05) is 54.6 Å². The van der Waals surface area contributed by atoms with Crippen LogP contribution in [0.15, 0.2) is 60.7 Å². The zero-order valence-corrected chi connectivity index (χ0v) is 16.8. The second-order valence-electron chi connectivity index (χ2n) is 7.30. The van der Waals surface area contributed by atoms with Crippen molar-refractivity contribution in [3.63, 3.8) is 0 Å². The Bertz CT molecular complexity index is 1130. The Kier molecular flexibility index (Phi) is 5.80. The summed E-state index contributed by atoms with van der Waals surface area (Å²) in [5.41, 5.74) is 4.23. The van der Waals surface area contributed by atoms with Crippen LogP contribution in [-0.2, 0) is 27.2 Å². The van der Waals surface area contributed by atoms with Crippen molar-refractivity contribution in [3.8, 4) is 5.75 Å². The van der Waals surface area contributed by atoms with Gasteiger partial charge in [-0.15, -0.1) is 0 Å². The number of amides is 1. The van der Waals surface area contributed by atoms with E-state index in [1.165, 1.54) is 17.2 Å². The van der Waals surface area contributed by atoms with Gasteiger partial charge >= 0.3 is 5.97 Å². The molecule has 0 heterocycles. The monoisotopic (exact) mass is 401 g/mol. The van der Waals surface area contributed by atoms with E-state index in [0.29, 0.717) is 0 Å². The lowest BCUT2D eigenvalue weighted by Gasteiger charge is -2.07. The second kappa shape index (κ2) is 8.82. The van der Waals surface area contributed by atoms with Gasteiger partial charge in [-0.3, -0.25) is 4.79 Å². The zero-order valence-electron chi connectivity index (χ0n) is 16.8. The smallest absolute Gasteiger partial charge is 0.331 e. The molecule has 0 unspecified atom stereocenters. The predicted molar refractivity (Wildman–Crippen MR) is 118 cm³/mol. The molecule has 5 nitrogen and oxygen atoms in total. The number of carbonyl (C=O) groups is 2. The predicted octanol–water partition coefficient (Wildman–Crippen LogP) is 4.53. The highest BCUT2D eigenvalue weighted by molar-refractivity contribution is 5.95. The van der Waals surface area contributed by atoms with Crippen LogP contribution in [-0.4, -0.2) is 25.6 Å². The van der Waals surface area contributed by atoms with Gasteiger partial charge in [-0.1, -0.05) is 24.3 Å². The van der Waals surface area contributed by atoms with Crippen molar-refractivity contribution in [1.29, 1.82) is 0 Å². The van der Waals surface area contributed by atoms with Gasteiger partial charge in [-0.2, -0.15) is 0 Å². The first kappa shape index (κ1) is 19.7. The first-order chi connectivity index (χ1) is 14.6. The van der Waals surface area contributed by atoms with Crippen molar-refractivity contribution in [1.82, 2.24) is 0 Å². The molecule has 1 N–H and O–H groups in total. The SMILES string of the molecule is COc1ccc2cc(/C=C/C(=O)OCC(=O)Nc3ccc4c(c3)CCC4)ccc2c1. The Morgan fingerprint density at radius 2 is 1.77 bits per heavy atom. The number of hydrogen-bond acceptors (Lipinski definition) is 4. The number of rotatable bonds is 6. The third-order valence-corrected chi connectivity index (χ3v) is 5.21. The van der Waals surface area contributed by atoms with Crippen LogP contribution in [0.2, 0.25) is 0 Å². The highest BCUT2D eigenvalue weighted by Crippen LogP contribution is 2.25. The standard InChI is InChI=1S/C25H23NO4/c1-29-23-11-9-20-13-17(5-7-21(20)15-23)6-12-25(28)30-16-24(27)26-22-10-8-18-3-2-4-19(18)14-22/h5-15H,2-4,16H2,1H3,(H,26,27)/b12-6+. The summed E-state index contributed by atoms with van der Waals surface area (Å²) < 4.78 is 10.3. The van der Waals surface area contributed by atoms with E-state index in [2.05, 4.69) is 5.32 Å². The Labute approximate surface area is 175 Å². The molecule has 0 fully saturated rings. The van der Waals surface area contributed by atoms with Crippen molar-refractivity contribution < 1.29 is 19.1 Å². The van der Waals surface area contributed by atoms with Gasteiger partial charge < -0.3 is 14.8 Å². The van der Waals surface area contributed by atoms with E-state index in [-0.39, 0.29) is 12.5 Å². The van der Waals surface area contributed by atoms with Crippen LogP contribution >= 0.6 is 0 Å². The molecule has 4 rings (SSSR count). The zero-order chi connectivity index (χ0) is 20.9. The number of benzene rings is 3. The fourth-order valence-corrected chi connectivity index (χ4v) is 3.67. The molecule has 1 amide bonds. The fraction of sp³-hybridized carbons (Fsp3) is 0.200. The Hall–Kier alpha value is -3.60. The van der Waals surface area contributed by atoms with Gasteiger partial charge in [0.2, 0.25) is 0 Å². The average molecular weight is 401 g/mol. The number of ether oxygens (including phenoxy) is 2. The third kappa shape index (κ3) is 4.69. The van der Waals surface area contributed by atoms with Gasteiger partial charge in [0.25, 0.3) is 5.91 Å². The molecule has 0 saturated carbocycles. The molecule has 152 valence electrons. The van der Waals surface area contributed by atoms with Crippen molar-refractivity contribution in [2.45, 2.75) is 19.3 Å². The van der Waals surface area contributed by atoms with Crippen LogP contribution in [0.4, 0.5) is 5.69 Å². The molecule has 1 aliphatic rings. The number of aryl methyl sites for hydroxylation is 2. The average Bonchev–Trinajstić information content (AvgIpc) is 3.23.